The first-order chi connectivity index (χ1) is 9.19. The van der Waals surface area contributed by atoms with E-state index < -0.39 is 11.0 Å². The molecule has 112 valence electrons. The van der Waals surface area contributed by atoms with Crippen LogP contribution in [0.3, 0.4) is 0 Å². The topological polar surface area (TPSA) is 49.3 Å². The maximum atomic E-state index is 12.4. The summed E-state index contributed by atoms with van der Waals surface area (Å²) >= 11 is 7.52. The zero-order chi connectivity index (χ0) is 15.4. The van der Waals surface area contributed by atoms with Crippen molar-refractivity contribution in [3.63, 3.8) is 0 Å². The van der Waals surface area contributed by atoms with Gasteiger partial charge in [0, 0.05) is 17.3 Å². The van der Waals surface area contributed by atoms with Crippen molar-refractivity contribution in [2.45, 2.75) is 31.8 Å². The lowest BCUT2D eigenvalue weighted by molar-refractivity contribution is -0.126. The van der Waals surface area contributed by atoms with Gasteiger partial charge in [-0.3, -0.25) is 4.79 Å². The molecule has 1 aromatic rings. The van der Waals surface area contributed by atoms with Crippen molar-refractivity contribution in [3.05, 3.63) is 34.9 Å². The number of nitrogens with one attached hydrogen (secondary N) is 1. The molecule has 0 aliphatic heterocycles. The Morgan fingerprint density at radius 3 is 2.60 bits per heavy atom. The number of carbonyl (C=O) groups excluding carboxylic acids is 1. The van der Waals surface area contributed by atoms with Crippen molar-refractivity contribution in [1.82, 2.24) is 5.32 Å². The van der Waals surface area contributed by atoms with Gasteiger partial charge in [-0.15, -0.1) is 0 Å². The molecule has 1 unspecified atom stereocenters. The van der Waals surface area contributed by atoms with Gasteiger partial charge in [0.2, 0.25) is 5.91 Å². The molecular formula is C15H22ClNO2S. The first-order valence-electron chi connectivity index (χ1n) is 6.45. The molecule has 20 heavy (non-hydrogen) atoms. The highest BCUT2D eigenvalue weighted by Crippen LogP contribution is 2.26. The number of thioether (sulfide) groups is 1. The van der Waals surface area contributed by atoms with Crippen molar-refractivity contribution in [2.24, 2.45) is 0 Å². The first-order valence-corrected chi connectivity index (χ1v) is 8.22. The molecule has 1 atom stereocenters. The molecule has 5 heteroatoms. The average Bonchev–Trinajstić information content (AvgIpc) is 2.36. The van der Waals surface area contributed by atoms with Crippen molar-refractivity contribution in [1.29, 1.82) is 0 Å². The molecule has 1 rings (SSSR count). The van der Waals surface area contributed by atoms with Crippen LogP contribution in [-0.4, -0.2) is 35.2 Å². The van der Waals surface area contributed by atoms with E-state index in [0.717, 1.165) is 5.56 Å². The van der Waals surface area contributed by atoms with E-state index in [0.29, 0.717) is 10.8 Å². The van der Waals surface area contributed by atoms with Crippen LogP contribution in [-0.2, 0) is 10.2 Å². The van der Waals surface area contributed by atoms with Gasteiger partial charge in [0.1, 0.15) is 0 Å². The summed E-state index contributed by atoms with van der Waals surface area (Å²) in [7, 11) is 0. The fourth-order valence-electron chi connectivity index (χ4n) is 1.86. The minimum atomic E-state index is -0.903. The molecule has 0 bridgehead atoms. The minimum absolute atomic E-state index is 0.124. The van der Waals surface area contributed by atoms with Crippen LogP contribution in [0.25, 0.3) is 0 Å². The van der Waals surface area contributed by atoms with Crippen LogP contribution in [0.1, 0.15) is 26.3 Å². The predicted molar refractivity (Wildman–Crippen MR) is 86.5 cm³/mol. The SMILES string of the molecule is CSCC(C)(O)CNC(=O)C(C)(C)c1cccc(Cl)c1. The highest BCUT2D eigenvalue weighted by atomic mass is 35.5. The number of hydrogen-bond donors (Lipinski definition) is 2. The van der Waals surface area contributed by atoms with Gasteiger partial charge in [0.05, 0.1) is 11.0 Å². The van der Waals surface area contributed by atoms with E-state index in [2.05, 4.69) is 5.32 Å². The smallest absolute Gasteiger partial charge is 0.230 e. The second kappa shape index (κ2) is 6.83. The van der Waals surface area contributed by atoms with Crippen molar-refractivity contribution in [2.75, 3.05) is 18.6 Å². The number of amides is 1. The highest BCUT2D eigenvalue weighted by Gasteiger charge is 2.31. The quantitative estimate of drug-likeness (QED) is 0.848. The Balaban J connectivity index is 2.75. The third-order valence-corrected chi connectivity index (χ3v) is 4.34. The summed E-state index contributed by atoms with van der Waals surface area (Å²) in [5.74, 6) is 0.450. The summed E-state index contributed by atoms with van der Waals surface area (Å²) in [5.41, 5.74) is -0.744. The second-order valence-corrected chi connectivity index (χ2v) is 7.05. The van der Waals surface area contributed by atoms with Gasteiger partial charge in [-0.1, -0.05) is 23.7 Å². The van der Waals surface area contributed by atoms with E-state index in [4.69, 9.17) is 11.6 Å². The lowest BCUT2D eigenvalue weighted by atomic mass is 9.83. The number of carbonyl (C=O) groups is 1. The Morgan fingerprint density at radius 2 is 2.05 bits per heavy atom. The van der Waals surface area contributed by atoms with E-state index in [9.17, 15) is 9.90 Å². The van der Waals surface area contributed by atoms with E-state index in [1.807, 2.05) is 32.2 Å². The number of benzene rings is 1. The summed E-state index contributed by atoms with van der Waals surface area (Å²) in [6, 6.07) is 7.28. The Bertz CT molecular complexity index is 475. The molecule has 0 aromatic heterocycles. The van der Waals surface area contributed by atoms with E-state index in [-0.39, 0.29) is 12.5 Å². The molecule has 0 spiro atoms. The molecule has 1 aromatic carbocycles. The molecule has 0 aliphatic carbocycles. The first kappa shape index (κ1) is 17.3. The Hall–Kier alpha value is -0.710. The third kappa shape index (κ3) is 4.69. The second-order valence-electron chi connectivity index (χ2n) is 5.75. The fourth-order valence-corrected chi connectivity index (χ4v) is 2.78. The molecule has 0 aliphatic rings. The number of aliphatic hydroxyl groups is 1. The van der Waals surface area contributed by atoms with E-state index >= 15 is 0 Å². The van der Waals surface area contributed by atoms with Gasteiger partial charge in [-0.25, -0.2) is 0 Å². The summed E-state index contributed by atoms with van der Waals surface area (Å²) in [4.78, 5) is 12.4. The fraction of sp³-hybridized carbons (Fsp3) is 0.533. The Kier molecular flexibility index (Phi) is 5.92. The van der Waals surface area contributed by atoms with Crippen LogP contribution in [0, 0.1) is 0 Å². The van der Waals surface area contributed by atoms with Gasteiger partial charge < -0.3 is 10.4 Å². The molecule has 0 radical (unpaired) electrons. The Labute approximate surface area is 130 Å². The van der Waals surface area contributed by atoms with E-state index in [1.54, 1.807) is 30.8 Å². The molecule has 0 fully saturated rings. The lowest BCUT2D eigenvalue weighted by Gasteiger charge is -2.28. The number of halogens is 1. The van der Waals surface area contributed by atoms with Crippen LogP contribution < -0.4 is 5.32 Å². The highest BCUT2D eigenvalue weighted by molar-refractivity contribution is 7.98. The summed E-state index contributed by atoms with van der Waals surface area (Å²) in [6.45, 7) is 5.64. The molecule has 0 saturated carbocycles. The summed E-state index contributed by atoms with van der Waals surface area (Å²) in [5, 5.41) is 13.5. The molecule has 1 amide bonds. The lowest BCUT2D eigenvalue weighted by Crippen LogP contribution is -2.48. The maximum Gasteiger partial charge on any atom is 0.230 e. The minimum Gasteiger partial charge on any atom is -0.387 e. The zero-order valence-electron chi connectivity index (χ0n) is 12.4. The zero-order valence-corrected chi connectivity index (χ0v) is 13.9. The van der Waals surface area contributed by atoms with Gasteiger partial charge >= 0.3 is 0 Å². The van der Waals surface area contributed by atoms with Crippen molar-refractivity contribution in [3.8, 4) is 0 Å². The van der Waals surface area contributed by atoms with Gasteiger partial charge in [0.15, 0.2) is 0 Å². The molecule has 3 nitrogen and oxygen atoms in total. The van der Waals surface area contributed by atoms with E-state index in [1.165, 1.54) is 0 Å². The molecule has 2 N–H and O–H groups in total. The largest absolute Gasteiger partial charge is 0.387 e. The summed E-state index contributed by atoms with van der Waals surface area (Å²) in [6.07, 6.45) is 1.92. The summed E-state index contributed by atoms with van der Waals surface area (Å²) < 4.78 is 0. The van der Waals surface area contributed by atoms with Crippen LogP contribution in [0.15, 0.2) is 24.3 Å². The van der Waals surface area contributed by atoms with Crippen LogP contribution >= 0.6 is 23.4 Å². The standard InChI is InChI=1S/C15H22ClNO2S/c1-14(2,11-6-5-7-12(16)8-11)13(18)17-9-15(3,19)10-20-4/h5-8,19H,9-10H2,1-4H3,(H,17,18). The van der Waals surface area contributed by atoms with Crippen molar-refractivity contribution < 1.29 is 9.90 Å². The maximum absolute atomic E-state index is 12.4. The number of rotatable bonds is 6. The molecule has 0 heterocycles. The molecule has 0 saturated heterocycles. The van der Waals surface area contributed by atoms with Crippen LogP contribution in [0.4, 0.5) is 0 Å². The van der Waals surface area contributed by atoms with Crippen molar-refractivity contribution >= 4 is 29.3 Å². The van der Waals surface area contributed by atoms with Gasteiger partial charge in [-0.2, -0.15) is 11.8 Å². The number of hydrogen-bond acceptors (Lipinski definition) is 3. The van der Waals surface area contributed by atoms with Gasteiger partial charge in [-0.05, 0) is 44.7 Å². The normalized spacial score (nSPS) is 14.7. The predicted octanol–water partition coefficient (Wildman–Crippen LogP) is 2.85. The van der Waals surface area contributed by atoms with Crippen LogP contribution in [0.2, 0.25) is 5.02 Å². The third-order valence-electron chi connectivity index (χ3n) is 3.20. The molecular weight excluding hydrogens is 294 g/mol. The Morgan fingerprint density at radius 1 is 1.40 bits per heavy atom. The van der Waals surface area contributed by atoms with Gasteiger partial charge in [0.25, 0.3) is 0 Å². The monoisotopic (exact) mass is 315 g/mol. The van der Waals surface area contributed by atoms with Crippen LogP contribution in [0.5, 0.6) is 0 Å². The average molecular weight is 316 g/mol.